The van der Waals surface area contributed by atoms with Gasteiger partial charge in [-0.1, -0.05) is 47.7 Å². The number of thioether (sulfide) groups is 1. The molecule has 0 bridgehead atoms. The Morgan fingerprint density at radius 3 is 2.37 bits per heavy atom. The Kier molecular flexibility index (Phi) is 5.81. The van der Waals surface area contributed by atoms with E-state index in [1.54, 1.807) is 35.6 Å². The Hall–Kier alpha value is -4.05. The smallest absolute Gasteiger partial charge is 0.267 e. The fraction of sp³-hybridized carbons (Fsp3) is 0.120. The first-order valence-electron chi connectivity index (χ1n) is 10.7. The highest BCUT2D eigenvalue weighted by Gasteiger charge is 2.23. The summed E-state index contributed by atoms with van der Waals surface area (Å²) in [5.41, 5.74) is 1.50. The molecule has 0 radical (unpaired) electrons. The third kappa shape index (κ3) is 4.06. The number of carbonyl (C=O) groups is 1. The molecule has 35 heavy (non-hydrogen) atoms. The predicted octanol–water partition coefficient (Wildman–Crippen LogP) is 4.74. The molecule has 0 spiro atoms. The highest BCUT2D eigenvalue weighted by atomic mass is 32.2. The summed E-state index contributed by atoms with van der Waals surface area (Å²) < 4.78 is 31.1. The normalized spacial score (nSPS) is 12.2. The van der Waals surface area contributed by atoms with Crippen LogP contribution in [-0.2, 0) is 4.79 Å². The summed E-state index contributed by atoms with van der Waals surface area (Å²) in [5.74, 6) is -2.05. The molecule has 0 saturated carbocycles. The molecule has 5 rings (SSSR count). The molecule has 2 aromatic heterocycles. The summed E-state index contributed by atoms with van der Waals surface area (Å²) in [6, 6.07) is 17.9. The SMILES string of the molecule is Cc1ccc(-n2c(=O)c3ccccc3n3c(SC(C)C(=O)Nc4c(F)cccc4F)nnc23)cc1. The van der Waals surface area contributed by atoms with Crippen molar-refractivity contribution >= 4 is 40.0 Å². The van der Waals surface area contributed by atoms with Gasteiger partial charge in [-0.15, -0.1) is 10.2 Å². The lowest BCUT2D eigenvalue weighted by atomic mass is 10.2. The van der Waals surface area contributed by atoms with Crippen molar-refractivity contribution < 1.29 is 13.6 Å². The van der Waals surface area contributed by atoms with Crippen molar-refractivity contribution in [1.82, 2.24) is 19.2 Å². The largest absolute Gasteiger partial charge is 0.320 e. The Labute approximate surface area is 202 Å². The first kappa shape index (κ1) is 22.7. The van der Waals surface area contributed by atoms with E-state index in [0.717, 1.165) is 29.5 Å². The first-order chi connectivity index (χ1) is 16.8. The molecule has 0 saturated heterocycles. The van der Waals surface area contributed by atoms with Gasteiger partial charge < -0.3 is 5.32 Å². The van der Waals surface area contributed by atoms with Gasteiger partial charge in [-0.2, -0.15) is 0 Å². The van der Waals surface area contributed by atoms with Crippen molar-refractivity contribution in [3.8, 4) is 5.69 Å². The van der Waals surface area contributed by atoms with Crippen molar-refractivity contribution in [2.45, 2.75) is 24.3 Å². The molecule has 1 unspecified atom stereocenters. The van der Waals surface area contributed by atoms with Crippen LogP contribution >= 0.6 is 11.8 Å². The molecular weight excluding hydrogens is 472 g/mol. The van der Waals surface area contributed by atoms with E-state index in [9.17, 15) is 18.4 Å². The Morgan fingerprint density at radius 2 is 1.66 bits per heavy atom. The van der Waals surface area contributed by atoms with E-state index in [4.69, 9.17) is 0 Å². The first-order valence-corrected chi connectivity index (χ1v) is 11.6. The zero-order valence-electron chi connectivity index (χ0n) is 18.7. The molecule has 0 aliphatic heterocycles. The van der Waals surface area contributed by atoms with Crippen molar-refractivity contribution in [3.63, 3.8) is 0 Å². The van der Waals surface area contributed by atoms with Gasteiger partial charge in [-0.3, -0.25) is 14.0 Å². The molecule has 176 valence electrons. The van der Waals surface area contributed by atoms with Crippen molar-refractivity contribution in [3.05, 3.63) is 94.3 Å². The number of hydrogen-bond donors (Lipinski definition) is 1. The minimum absolute atomic E-state index is 0.248. The number of hydrogen-bond acceptors (Lipinski definition) is 5. The molecule has 3 aromatic carbocycles. The second kappa shape index (κ2) is 8.95. The molecule has 1 N–H and O–H groups in total. The van der Waals surface area contributed by atoms with Gasteiger partial charge in [0.1, 0.15) is 17.3 Å². The topological polar surface area (TPSA) is 81.3 Å². The Morgan fingerprint density at radius 1 is 0.971 bits per heavy atom. The number of benzene rings is 3. The third-order valence-corrected chi connectivity index (χ3v) is 6.59. The van der Waals surface area contributed by atoms with Crippen LogP contribution in [-0.4, -0.2) is 30.3 Å². The van der Waals surface area contributed by atoms with Gasteiger partial charge in [0.25, 0.3) is 5.56 Å². The summed E-state index contributed by atoms with van der Waals surface area (Å²) in [5, 5.41) is 10.8. The summed E-state index contributed by atoms with van der Waals surface area (Å²) >= 11 is 1.06. The van der Waals surface area contributed by atoms with Crippen LogP contribution in [0, 0.1) is 18.6 Å². The highest BCUT2D eigenvalue weighted by Crippen LogP contribution is 2.27. The average Bonchev–Trinajstić information content (AvgIpc) is 3.26. The summed E-state index contributed by atoms with van der Waals surface area (Å²) in [7, 11) is 0. The standard InChI is InChI=1S/C25H19F2N5O2S/c1-14-10-12-16(13-11-14)31-23(34)17-6-3-4-9-20(17)32-24(31)29-30-25(32)35-15(2)22(33)28-21-18(26)7-5-8-19(21)27/h3-13,15H,1-2H3,(H,28,33). The minimum Gasteiger partial charge on any atom is -0.320 e. The predicted molar refractivity (Wildman–Crippen MR) is 131 cm³/mol. The molecule has 2 heterocycles. The number of nitrogens with one attached hydrogen (secondary N) is 1. The molecule has 10 heteroatoms. The van der Waals surface area contributed by atoms with E-state index in [-0.39, 0.29) is 11.3 Å². The van der Waals surface area contributed by atoms with Crippen LogP contribution in [0.3, 0.4) is 0 Å². The van der Waals surface area contributed by atoms with Crippen LogP contribution < -0.4 is 10.9 Å². The van der Waals surface area contributed by atoms with E-state index in [1.807, 2.05) is 31.2 Å². The minimum atomic E-state index is -0.864. The number of para-hydroxylation sites is 2. The van der Waals surface area contributed by atoms with Crippen molar-refractivity contribution in [1.29, 1.82) is 0 Å². The lowest BCUT2D eigenvalue weighted by Gasteiger charge is -2.14. The maximum atomic E-state index is 14.0. The molecular formula is C25H19F2N5O2S. The van der Waals surface area contributed by atoms with Crippen molar-refractivity contribution in [2.75, 3.05) is 5.32 Å². The second-order valence-corrected chi connectivity index (χ2v) is 9.27. The number of anilines is 1. The Balaban J connectivity index is 1.58. The maximum Gasteiger partial charge on any atom is 0.267 e. The van der Waals surface area contributed by atoms with Gasteiger partial charge in [0.15, 0.2) is 5.16 Å². The van der Waals surface area contributed by atoms with Gasteiger partial charge in [-0.05, 0) is 50.2 Å². The van der Waals surface area contributed by atoms with Crippen LogP contribution in [0.1, 0.15) is 12.5 Å². The number of aryl methyl sites for hydroxylation is 1. The van der Waals surface area contributed by atoms with Gasteiger partial charge in [0.05, 0.1) is 21.8 Å². The average molecular weight is 492 g/mol. The molecule has 0 aliphatic rings. The summed E-state index contributed by atoms with van der Waals surface area (Å²) in [6.45, 7) is 3.55. The fourth-order valence-electron chi connectivity index (χ4n) is 3.74. The monoisotopic (exact) mass is 491 g/mol. The molecule has 5 aromatic rings. The van der Waals surface area contributed by atoms with E-state index in [0.29, 0.717) is 21.7 Å². The van der Waals surface area contributed by atoms with Gasteiger partial charge in [0.2, 0.25) is 11.7 Å². The zero-order chi connectivity index (χ0) is 24.7. The second-order valence-electron chi connectivity index (χ2n) is 7.96. The molecule has 1 atom stereocenters. The molecule has 1 amide bonds. The quantitative estimate of drug-likeness (QED) is 0.359. The fourth-order valence-corrected chi connectivity index (χ4v) is 4.59. The van der Waals surface area contributed by atoms with Crippen LogP contribution in [0.25, 0.3) is 22.4 Å². The number of carbonyl (C=O) groups excluding carboxylic acids is 1. The van der Waals surface area contributed by atoms with E-state index in [1.165, 1.54) is 10.6 Å². The van der Waals surface area contributed by atoms with E-state index < -0.39 is 28.5 Å². The Bertz CT molecular complexity index is 1630. The van der Waals surface area contributed by atoms with Gasteiger partial charge in [-0.25, -0.2) is 13.3 Å². The molecule has 0 fully saturated rings. The van der Waals surface area contributed by atoms with Gasteiger partial charge >= 0.3 is 0 Å². The zero-order valence-corrected chi connectivity index (χ0v) is 19.5. The number of aromatic nitrogens is 4. The number of halogens is 2. The van der Waals surface area contributed by atoms with Crippen LogP contribution in [0.15, 0.2) is 76.7 Å². The van der Waals surface area contributed by atoms with Crippen LogP contribution in [0.2, 0.25) is 0 Å². The number of fused-ring (bicyclic) bond motifs is 3. The number of rotatable bonds is 5. The number of nitrogens with zero attached hydrogens (tertiary/aromatic N) is 4. The summed E-state index contributed by atoms with van der Waals surface area (Å²) in [4.78, 5) is 26.1. The lowest BCUT2D eigenvalue weighted by Crippen LogP contribution is -2.24. The third-order valence-electron chi connectivity index (χ3n) is 5.55. The summed E-state index contributed by atoms with van der Waals surface area (Å²) in [6.07, 6.45) is 0. The van der Waals surface area contributed by atoms with Gasteiger partial charge in [0, 0.05) is 0 Å². The maximum absolute atomic E-state index is 14.0. The van der Waals surface area contributed by atoms with Crippen LogP contribution in [0.4, 0.5) is 14.5 Å². The molecule has 0 aliphatic carbocycles. The highest BCUT2D eigenvalue weighted by molar-refractivity contribution is 8.00. The van der Waals surface area contributed by atoms with E-state index in [2.05, 4.69) is 15.5 Å². The lowest BCUT2D eigenvalue weighted by molar-refractivity contribution is -0.115. The van der Waals surface area contributed by atoms with Crippen molar-refractivity contribution in [2.24, 2.45) is 0 Å². The van der Waals surface area contributed by atoms with E-state index >= 15 is 0 Å². The molecule has 7 nitrogen and oxygen atoms in total. The number of amides is 1. The van der Waals surface area contributed by atoms with Crippen LogP contribution in [0.5, 0.6) is 0 Å².